The van der Waals surface area contributed by atoms with E-state index in [1.54, 1.807) is 6.92 Å². The van der Waals surface area contributed by atoms with E-state index in [2.05, 4.69) is 15.0 Å². The van der Waals surface area contributed by atoms with Crippen LogP contribution in [0.2, 0.25) is 0 Å². The fraction of sp³-hybridized carbons (Fsp3) is 0.250. The maximum atomic E-state index is 12.1. The lowest BCUT2D eigenvalue weighted by atomic mass is 10.2. The van der Waals surface area contributed by atoms with Gasteiger partial charge in [0.05, 0.1) is 33.1 Å². The first-order valence-electron chi connectivity index (χ1n) is 6.88. The zero-order valence-electron chi connectivity index (χ0n) is 12.6. The summed E-state index contributed by atoms with van der Waals surface area (Å²) in [6.45, 7) is 5.65. The van der Waals surface area contributed by atoms with Gasteiger partial charge in [0.25, 0.3) is 0 Å². The summed E-state index contributed by atoms with van der Waals surface area (Å²) < 4.78 is 5.37. The van der Waals surface area contributed by atoms with Crippen LogP contribution in [0.25, 0.3) is 11.0 Å². The van der Waals surface area contributed by atoms with E-state index >= 15 is 0 Å². The van der Waals surface area contributed by atoms with E-state index in [1.807, 2.05) is 38.1 Å². The number of hydrogen-bond donors (Lipinski definition) is 0. The molecule has 0 aliphatic carbocycles. The first-order valence-corrected chi connectivity index (χ1v) is 7.69. The molecule has 0 saturated carbocycles. The van der Waals surface area contributed by atoms with Gasteiger partial charge in [0, 0.05) is 0 Å². The number of benzene rings is 1. The molecule has 0 spiro atoms. The van der Waals surface area contributed by atoms with Crippen LogP contribution in [-0.2, 0) is 11.3 Å². The number of aryl methyl sites for hydroxylation is 3. The van der Waals surface area contributed by atoms with Gasteiger partial charge in [-0.05, 0) is 32.9 Å². The number of thiazole rings is 1. The second-order valence-electron chi connectivity index (χ2n) is 4.97. The molecule has 3 rings (SSSR count). The maximum Gasteiger partial charge on any atom is 0.350 e. The molecule has 0 fully saturated rings. The number of carbonyl (C=O) groups excluding carboxylic acids is 1. The minimum atomic E-state index is -0.363. The molecular weight excluding hydrogens is 298 g/mol. The molecule has 0 aliphatic rings. The Balaban J connectivity index is 1.80. The van der Waals surface area contributed by atoms with E-state index in [4.69, 9.17) is 4.74 Å². The van der Waals surface area contributed by atoms with Crippen LogP contribution >= 0.6 is 11.3 Å². The van der Waals surface area contributed by atoms with Crippen molar-refractivity contribution in [2.45, 2.75) is 27.4 Å². The molecule has 6 heteroatoms. The zero-order valence-corrected chi connectivity index (χ0v) is 13.4. The van der Waals surface area contributed by atoms with Crippen molar-refractivity contribution in [2.75, 3.05) is 0 Å². The molecule has 2 heterocycles. The summed E-state index contributed by atoms with van der Waals surface area (Å²) in [5, 5.41) is 0.853. The highest BCUT2D eigenvalue weighted by Gasteiger charge is 2.16. The largest absolute Gasteiger partial charge is 0.455 e. The normalized spacial score (nSPS) is 10.9. The van der Waals surface area contributed by atoms with Crippen LogP contribution < -0.4 is 0 Å². The molecule has 0 amide bonds. The van der Waals surface area contributed by atoms with Gasteiger partial charge in [-0.3, -0.25) is 0 Å². The maximum absolute atomic E-state index is 12.1. The SMILES string of the molecule is Cc1nc(C)c(C(=O)OCc2nc3ccccc3nc2C)s1. The monoisotopic (exact) mass is 313 g/mol. The highest BCUT2D eigenvalue weighted by molar-refractivity contribution is 7.13. The Bertz CT molecular complexity index is 858. The van der Waals surface area contributed by atoms with Gasteiger partial charge in [-0.1, -0.05) is 12.1 Å². The van der Waals surface area contributed by atoms with Crippen molar-refractivity contribution in [2.24, 2.45) is 0 Å². The zero-order chi connectivity index (χ0) is 15.7. The molecular formula is C16H15N3O2S. The molecule has 5 nitrogen and oxygen atoms in total. The summed E-state index contributed by atoms with van der Waals surface area (Å²) in [6.07, 6.45) is 0. The Morgan fingerprint density at radius 1 is 1.05 bits per heavy atom. The molecule has 0 N–H and O–H groups in total. The summed E-state index contributed by atoms with van der Waals surface area (Å²) in [7, 11) is 0. The average Bonchev–Trinajstić information content (AvgIpc) is 2.83. The van der Waals surface area contributed by atoms with Gasteiger partial charge in [0.15, 0.2) is 0 Å². The van der Waals surface area contributed by atoms with E-state index in [0.29, 0.717) is 16.3 Å². The van der Waals surface area contributed by atoms with E-state index in [-0.39, 0.29) is 12.6 Å². The summed E-state index contributed by atoms with van der Waals surface area (Å²) in [6, 6.07) is 7.63. The number of hydrogen-bond acceptors (Lipinski definition) is 6. The lowest BCUT2D eigenvalue weighted by Gasteiger charge is -2.07. The van der Waals surface area contributed by atoms with Crippen LogP contribution in [0.1, 0.15) is 31.8 Å². The Labute approximate surface area is 132 Å². The summed E-state index contributed by atoms with van der Waals surface area (Å²) in [4.78, 5) is 25.9. The van der Waals surface area contributed by atoms with Crippen LogP contribution in [0.5, 0.6) is 0 Å². The molecule has 1 aromatic carbocycles. The van der Waals surface area contributed by atoms with Crippen LogP contribution in [0.15, 0.2) is 24.3 Å². The predicted octanol–water partition coefficient (Wildman–Crippen LogP) is 3.37. The number of fused-ring (bicyclic) bond motifs is 1. The van der Waals surface area contributed by atoms with E-state index in [1.165, 1.54) is 11.3 Å². The minimum absolute atomic E-state index is 0.110. The molecule has 0 aliphatic heterocycles. The van der Waals surface area contributed by atoms with E-state index < -0.39 is 0 Å². The molecule has 0 bridgehead atoms. The lowest BCUT2D eigenvalue weighted by Crippen LogP contribution is -2.08. The van der Waals surface area contributed by atoms with Gasteiger partial charge in [0.1, 0.15) is 11.5 Å². The molecule has 2 aromatic heterocycles. The van der Waals surface area contributed by atoms with Crippen LogP contribution in [0.4, 0.5) is 0 Å². The topological polar surface area (TPSA) is 65.0 Å². The van der Waals surface area contributed by atoms with Crippen molar-refractivity contribution < 1.29 is 9.53 Å². The minimum Gasteiger partial charge on any atom is -0.455 e. The molecule has 0 saturated heterocycles. The summed E-state index contributed by atoms with van der Waals surface area (Å²) in [5.41, 5.74) is 3.77. The third-order valence-corrected chi connectivity index (χ3v) is 4.32. The Morgan fingerprint density at radius 2 is 1.73 bits per heavy atom. The Hall–Kier alpha value is -2.34. The third kappa shape index (κ3) is 2.82. The van der Waals surface area contributed by atoms with Crippen LogP contribution in [0, 0.1) is 20.8 Å². The van der Waals surface area contributed by atoms with Gasteiger partial charge in [-0.2, -0.15) is 0 Å². The highest BCUT2D eigenvalue weighted by atomic mass is 32.1. The number of para-hydroxylation sites is 2. The summed E-state index contributed by atoms with van der Waals surface area (Å²) in [5.74, 6) is -0.363. The molecule has 3 aromatic rings. The average molecular weight is 313 g/mol. The van der Waals surface area contributed by atoms with Crippen molar-refractivity contribution >= 4 is 28.3 Å². The molecule has 0 unspecified atom stereocenters. The summed E-state index contributed by atoms with van der Waals surface area (Å²) >= 11 is 1.34. The molecule has 0 atom stereocenters. The Kier molecular flexibility index (Phi) is 3.85. The second kappa shape index (κ2) is 5.81. The van der Waals surface area contributed by atoms with E-state index in [0.717, 1.165) is 21.7 Å². The standard InChI is InChI=1S/C16H15N3O2S/c1-9-14(19-13-7-5-4-6-12(13)18-9)8-21-16(20)15-10(2)17-11(3)22-15/h4-7H,8H2,1-3H3. The first kappa shape index (κ1) is 14.6. The number of esters is 1. The fourth-order valence-corrected chi connectivity index (χ4v) is 3.00. The third-order valence-electron chi connectivity index (χ3n) is 3.27. The van der Waals surface area contributed by atoms with Crippen molar-refractivity contribution in [1.29, 1.82) is 0 Å². The number of rotatable bonds is 3. The fourth-order valence-electron chi connectivity index (χ4n) is 2.18. The molecule has 112 valence electrons. The molecule has 22 heavy (non-hydrogen) atoms. The second-order valence-corrected chi connectivity index (χ2v) is 6.17. The van der Waals surface area contributed by atoms with Gasteiger partial charge < -0.3 is 4.74 Å². The lowest BCUT2D eigenvalue weighted by molar-refractivity contribution is 0.0471. The highest BCUT2D eigenvalue weighted by Crippen LogP contribution is 2.19. The van der Waals surface area contributed by atoms with Crippen molar-refractivity contribution in [3.05, 3.63) is 51.2 Å². The predicted molar refractivity (Wildman–Crippen MR) is 85.0 cm³/mol. The quantitative estimate of drug-likeness (QED) is 0.694. The van der Waals surface area contributed by atoms with Crippen molar-refractivity contribution in [3.63, 3.8) is 0 Å². The van der Waals surface area contributed by atoms with Crippen LogP contribution in [-0.4, -0.2) is 20.9 Å². The van der Waals surface area contributed by atoms with Gasteiger partial charge in [-0.15, -0.1) is 11.3 Å². The van der Waals surface area contributed by atoms with Crippen LogP contribution in [0.3, 0.4) is 0 Å². The van der Waals surface area contributed by atoms with E-state index in [9.17, 15) is 4.79 Å². The number of nitrogens with zero attached hydrogens (tertiary/aromatic N) is 3. The molecule has 0 radical (unpaired) electrons. The van der Waals surface area contributed by atoms with Gasteiger partial charge >= 0.3 is 5.97 Å². The first-order chi connectivity index (χ1) is 10.5. The number of ether oxygens (including phenoxy) is 1. The van der Waals surface area contributed by atoms with Gasteiger partial charge in [-0.25, -0.2) is 19.7 Å². The Morgan fingerprint density at radius 3 is 2.36 bits per heavy atom. The van der Waals surface area contributed by atoms with Crippen molar-refractivity contribution in [3.8, 4) is 0 Å². The number of carbonyl (C=O) groups is 1. The van der Waals surface area contributed by atoms with Gasteiger partial charge in [0.2, 0.25) is 0 Å². The van der Waals surface area contributed by atoms with Crippen molar-refractivity contribution in [1.82, 2.24) is 15.0 Å². The smallest absolute Gasteiger partial charge is 0.350 e. The number of aromatic nitrogens is 3.